The van der Waals surface area contributed by atoms with Crippen LogP contribution in [0, 0.1) is 6.92 Å². The van der Waals surface area contributed by atoms with E-state index in [0.717, 1.165) is 18.7 Å². The lowest BCUT2D eigenvalue weighted by Gasteiger charge is -2.05. The molecule has 0 aliphatic carbocycles. The molecule has 0 aliphatic heterocycles. The molecule has 0 unspecified atom stereocenters. The average Bonchev–Trinajstić information content (AvgIpc) is 2.40. The van der Waals surface area contributed by atoms with Crippen LogP contribution >= 0.6 is 11.8 Å². The largest absolute Gasteiger partial charge is 0.330 e. The third-order valence-electron chi connectivity index (χ3n) is 2.82. The Bertz CT molecular complexity index is 491. The number of thioether (sulfide) groups is 1. The van der Waals surface area contributed by atoms with Crippen LogP contribution in [0.5, 0.6) is 0 Å². The van der Waals surface area contributed by atoms with Crippen molar-refractivity contribution in [1.29, 1.82) is 0 Å². The first-order chi connectivity index (χ1) is 8.79. The zero-order chi connectivity index (χ0) is 12.8. The Morgan fingerprint density at radius 1 is 1.00 bits per heavy atom. The molecule has 0 spiro atoms. The topological polar surface area (TPSA) is 26.0 Å². The van der Waals surface area contributed by atoms with E-state index in [9.17, 15) is 0 Å². The summed E-state index contributed by atoms with van der Waals surface area (Å²) in [5.74, 6) is 1.10. The van der Waals surface area contributed by atoms with Crippen LogP contribution in [0.4, 0.5) is 0 Å². The highest BCUT2D eigenvalue weighted by Crippen LogP contribution is 2.25. The predicted molar refractivity (Wildman–Crippen MR) is 81.0 cm³/mol. The van der Waals surface area contributed by atoms with Crippen molar-refractivity contribution in [3.63, 3.8) is 0 Å². The maximum atomic E-state index is 5.49. The van der Waals surface area contributed by atoms with E-state index in [1.807, 2.05) is 11.8 Å². The van der Waals surface area contributed by atoms with Crippen molar-refractivity contribution in [2.75, 3.05) is 12.3 Å². The fourth-order valence-electron chi connectivity index (χ4n) is 1.84. The number of nitrogens with two attached hydrogens (primary N) is 1. The molecular weight excluding hydrogens is 238 g/mol. The van der Waals surface area contributed by atoms with Crippen LogP contribution in [0.25, 0.3) is 11.1 Å². The molecule has 0 aliphatic rings. The lowest BCUT2D eigenvalue weighted by atomic mass is 10.0. The highest BCUT2D eigenvalue weighted by Gasteiger charge is 1.99. The van der Waals surface area contributed by atoms with Crippen LogP contribution in [-0.4, -0.2) is 12.3 Å². The van der Waals surface area contributed by atoms with Crippen molar-refractivity contribution in [2.24, 2.45) is 5.73 Å². The second kappa shape index (κ2) is 6.62. The van der Waals surface area contributed by atoms with Crippen molar-refractivity contribution in [3.8, 4) is 11.1 Å². The molecule has 2 heteroatoms. The summed E-state index contributed by atoms with van der Waals surface area (Å²) < 4.78 is 0. The molecule has 0 radical (unpaired) electrons. The quantitative estimate of drug-likeness (QED) is 0.644. The fraction of sp³-hybridized carbons (Fsp3) is 0.250. The first kappa shape index (κ1) is 13.2. The molecule has 0 heterocycles. The predicted octanol–water partition coefficient (Wildman–Crippen LogP) is 4.10. The summed E-state index contributed by atoms with van der Waals surface area (Å²) in [6.07, 6.45) is 1.07. The lowest BCUT2D eigenvalue weighted by Crippen LogP contribution is -1.99. The minimum atomic E-state index is 0.772. The summed E-state index contributed by atoms with van der Waals surface area (Å²) >= 11 is 1.87. The highest BCUT2D eigenvalue weighted by molar-refractivity contribution is 7.99. The van der Waals surface area contributed by atoms with Gasteiger partial charge in [0, 0.05) is 4.90 Å². The number of hydrogen-bond donors (Lipinski definition) is 1. The minimum Gasteiger partial charge on any atom is -0.330 e. The van der Waals surface area contributed by atoms with Crippen molar-refractivity contribution in [1.82, 2.24) is 0 Å². The maximum absolute atomic E-state index is 5.49. The zero-order valence-electron chi connectivity index (χ0n) is 10.7. The normalized spacial score (nSPS) is 10.6. The van der Waals surface area contributed by atoms with E-state index in [4.69, 9.17) is 5.73 Å². The Kier molecular flexibility index (Phi) is 4.85. The molecule has 0 atom stereocenters. The first-order valence-corrected chi connectivity index (χ1v) is 7.28. The summed E-state index contributed by atoms with van der Waals surface area (Å²) in [5, 5.41) is 0. The number of rotatable bonds is 5. The summed E-state index contributed by atoms with van der Waals surface area (Å²) in [6, 6.07) is 17.4. The van der Waals surface area contributed by atoms with Gasteiger partial charge in [0.1, 0.15) is 0 Å². The van der Waals surface area contributed by atoms with Crippen LogP contribution in [0.2, 0.25) is 0 Å². The van der Waals surface area contributed by atoms with Crippen molar-refractivity contribution in [3.05, 3.63) is 54.1 Å². The summed E-state index contributed by atoms with van der Waals surface area (Å²) in [7, 11) is 0. The smallest absolute Gasteiger partial charge is 0.00723 e. The van der Waals surface area contributed by atoms with Crippen molar-refractivity contribution < 1.29 is 0 Å². The fourth-order valence-corrected chi connectivity index (χ4v) is 2.72. The average molecular weight is 257 g/mol. The van der Waals surface area contributed by atoms with Gasteiger partial charge in [0.2, 0.25) is 0 Å². The SMILES string of the molecule is Cc1cccc(-c2ccc(SCCCN)cc2)c1. The highest BCUT2D eigenvalue weighted by atomic mass is 32.2. The van der Waals surface area contributed by atoms with Gasteiger partial charge < -0.3 is 5.73 Å². The third-order valence-corrected chi connectivity index (χ3v) is 3.92. The summed E-state index contributed by atoms with van der Waals surface area (Å²) in [5.41, 5.74) is 9.36. The molecular formula is C16H19NS. The molecule has 0 fully saturated rings. The molecule has 0 bridgehead atoms. The molecule has 0 saturated carbocycles. The summed E-state index contributed by atoms with van der Waals surface area (Å²) in [6.45, 7) is 2.90. The molecule has 2 N–H and O–H groups in total. The van der Waals surface area contributed by atoms with E-state index < -0.39 is 0 Å². The lowest BCUT2D eigenvalue weighted by molar-refractivity contribution is 0.943. The molecule has 1 nitrogen and oxygen atoms in total. The molecule has 0 saturated heterocycles. The molecule has 94 valence electrons. The standard InChI is InChI=1S/C16H19NS/c1-13-4-2-5-15(12-13)14-6-8-16(9-7-14)18-11-3-10-17/h2,4-9,12H,3,10-11,17H2,1H3. The van der Waals surface area contributed by atoms with Crippen LogP contribution in [0.1, 0.15) is 12.0 Å². The van der Waals surface area contributed by atoms with Crippen molar-refractivity contribution >= 4 is 11.8 Å². The van der Waals surface area contributed by atoms with E-state index in [2.05, 4.69) is 55.5 Å². The van der Waals surface area contributed by atoms with Gasteiger partial charge in [-0.05, 0) is 48.9 Å². The molecule has 2 rings (SSSR count). The Hall–Kier alpha value is -1.25. The van der Waals surface area contributed by atoms with E-state index in [1.54, 1.807) is 0 Å². The Morgan fingerprint density at radius 3 is 2.44 bits per heavy atom. The van der Waals surface area contributed by atoms with Crippen LogP contribution in [-0.2, 0) is 0 Å². The molecule has 0 amide bonds. The first-order valence-electron chi connectivity index (χ1n) is 6.29. The van der Waals surface area contributed by atoms with E-state index >= 15 is 0 Å². The van der Waals surface area contributed by atoms with E-state index in [1.165, 1.54) is 21.6 Å². The number of aryl methyl sites for hydroxylation is 1. The van der Waals surface area contributed by atoms with Gasteiger partial charge in [0.05, 0.1) is 0 Å². The van der Waals surface area contributed by atoms with E-state index in [-0.39, 0.29) is 0 Å². The molecule has 18 heavy (non-hydrogen) atoms. The van der Waals surface area contributed by atoms with Gasteiger partial charge in [-0.2, -0.15) is 0 Å². The number of hydrogen-bond acceptors (Lipinski definition) is 2. The second-order valence-corrected chi connectivity index (χ2v) is 5.55. The zero-order valence-corrected chi connectivity index (χ0v) is 11.5. The van der Waals surface area contributed by atoms with Gasteiger partial charge in [-0.25, -0.2) is 0 Å². The van der Waals surface area contributed by atoms with E-state index in [0.29, 0.717) is 0 Å². The van der Waals surface area contributed by atoms with Gasteiger partial charge >= 0.3 is 0 Å². The molecule has 2 aromatic carbocycles. The van der Waals surface area contributed by atoms with Gasteiger partial charge in [-0.1, -0.05) is 42.0 Å². The van der Waals surface area contributed by atoms with Gasteiger partial charge in [-0.15, -0.1) is 11.8 Å². The van der Waals surface area contributed by atoms with Gasteiger partial charge in [0.15, 0.2) is 0 Å². The van der Waals surface area contributed by atoms with Gasteiger partial charge in [-0.3, -0.25) is 0 Å². The van der Waals surface area contributed by atoms with Gasteiger partial charge in [0.25, 0.3) is 0 Å². The van der Waals surface area contributed by atoms with Crippen LogP contribution < -0.4 is 5.73 Å². The Labute approximate surface area is 113 Å². The molecule has 0 aromatic heterocycles. The Balaban J connectivity index is 2.07. The van der Waals surface area contributed by atoms with Crippen LogP contribution in [0.3, 0.4) is 0 Å². The third kappa shape index (κ3) is 3.62. The van der Waals surface area contributed by atoms with Crippen molar-refractivity contribution in [2.45, 2.75) is 18.2 Å². The maximum Gasteiger partial charge on any atom is 0.00723 e. The Morgan fingerprint density at radius 2 is 1.78 bits per heavy atom. The minimum absolute atomic E-state index is 0.772. The second-order valence-electron chi connectivity index (χ2n) is 4.38. The summed E-state index contributed by atoms with van der Waals surface area (Å²) in [4.78, 5) is 1.32. The number of benzene rings is 2. The monoisotopic (exact) mass is 257 g/mol. The van der Waals surface area contributed by atoms with Crippen LogP contribution in [0.15, 0.2) is 53.4 Å². The molecule has 2 aromatic rings.